The molecule has 0 aliphatic carbocycles. The van der Waals surface area contributed by atoms with Gasteiger partial charge in [0.05, 0.1) is 0 Å². The summed E-state index contributed by atoms with van der Waals surface area (Å²) in [7, 11) is -3.24. The number of nitrogens with one attached hydrogen (secondary N) is 1. The molecule has 100 valence electrons. The average Bonchev–Trinajstić information content (AvgIpc) is 2.58. The molecule has 5 heteroatoms. The largest absolute Gasteiger partial charge is 0.279 e. The van der Waals surface area contributed by atoms with Crippen LogP contribution in [-0.2, 0) is 22.2 Å². The van der Waals surface area contributed by atoms with Gasteiger partial charge in [-0.25, -0.2) is 4.72 Å². The maximum atomic E-state index is 11.6. The van der Waals surface area contributed by atoms with Crippen molar-refractivity contribution in [3.63, 3.8) is 0 Å². The molecule has 1 aliphatic rings. The van der Waals surface area contributed by atoms with E-state index in [9.17, 15) is 8.42 Å². The van der Waals surface area contributed by atoms with E-state index in [1.165, 1.54) is 9.87 Å². The molecule has 0 spiro atoms. The Labute approximate surface area is 109 Å². The van der Waals surface area contributed by atoms with Crippen molar-refractivity contribution in [2.24, 2.45) is 0 Å². The predicted octanol–water partition coefficient (Wildman–Crippen LogP) is 1.63. The van der Waals surface area contributed by atoms with Gasteiger partial charge in [-0.15, -0.1) is 0 Å². The van der Waals surface area contributed by atoms with E-state index in [-0.39, 0.29) is 5.41 Å². The Morgan fingerprint density at radius 3 is 2.28 bits per heavy atom. The molecule has 0 saturated carbocycles. The fraction of sp³-hybridized carbons (Fsp3) is 0.538. The third-order valence-corrected chi connectivity index (χ3v) is 4.72. The third kappa shape index (κ3) is 2.91. The zero-order valence-electron chi connectivity index (χ0n) is 11.1. The van der Waals surface area contributed by atoms with Crippen LogP contribution in [-0.4, -0.2) is 25.8 Å². The fourth-order valence-corrected chi connectivity index (χ4v) is 3.17. The highest BCUT2D eigenvalue weighted by atomic mass is 32.2. The maximum absolute atomic E-state index is 11.6. The molecule has 0 atom stereocenters. The van der Waals surface area contributed by atoms with E-state index in [4.69, 9.17) is 0 Å². The Hall–Kier alpha value is -0.910. The van der Waals surface area contributed by atoms with Gasteiger partial charge in [-0.05, 0) is 16.5 Å². The molecule has 1 saturated heterocycles. The van der Waals surface area contributed by atoms with Gasteiger partial charge in [0.15, 0.2) is 0 Å². The molecule has 0 aromatic heterocycles. The highest BCUT2D eigenvalue weighted by Gasteiger charge is 2.27. The van der Waals surface area contributed by atoms with Gasteiger partial charge < -0.3 is 0 Å². The van der Waals surface area contributed by atoms with Gasteiger partial charge in [-0.1, -0.05) is 45.0 Å². The Kier molecular flexibility index (Phi) is 3.49. The summed E-state index contributed by atoms with van der Waals surface area (Å²) >= 11 is 0. The Morgan fingerprint density at radius 1 is 1.22 bits per heavy atom. The minimum atomic E-state index is -3.24. The van der Waals surface area contributed by atoms with Crippen LogP contribution in [0.25, 0.3) is 0 Å². The molecule has 1 N–H and O–H groups in total. The summed E-state index contributed by atoms with van der Waals surface area (Å²) in [5, 5.41) is 0. The molecule has 1 aromatic rings. The first-order valence-electron chi connectivity index (χ1n) is 6.13. The van der Waals surface area contributed by atoms with Gasteiger partial charge >= 0.3 is 0 Å². The van der Waals surface area contributed by atoms with Crippen LogP contribution in [0.5, 0.6) is 0 Å². The fourth-order valence-electron chi connectivity index (χ4n) is 1.99. The van der Waals surface area contributed by atoms with Crippen LogP contribution in [0.3, 0.4) is 0 Å². The molecule has 1 fully saturated rings. The van der Waals surface area contributed by atoms with Crippen molar-refractivity contribution in [1.82, 2.24) is 9.03 Å². The summed E-state index contributed by atoms with van der Waals surface area (Å²) < 4.78 is 27.2. The molecule has 1 aromatic carbocycles. The molecule has 1 heterocycles. The molecule has 1 aliphatic heterocycles. The van der Waals surface area contributed by atoms with Crippen molar-refractivity contribution >= 4 is 10.2 Å². The van der Waals surface area contributed by atoms with Gasteiger partial charge in [0.1, 0.15) is 0 Å². The SMILES string of the molecule is CC(C)(C)c1ccc(CN2CCNS2(=O)=O)cc1. The van der Waals surface area contributed by atoms with Crippen LogP contribution >= 0.6 is 0 Å². The smallest absolute Gasteiger partial charge is 0.201 e. The molecule has 0 bridgehead atoms. The van der Waals surface area contributed by atoms with E-state index in [1.807, 2.05) is 12.1 Å². The lowest BCUT2D eigenvalue weighted by Crippen LogP contribution is -2.29. The maximum Gasteiger partial charge on any atom is 0.279 e. The van der Waals surface area contributed by atoms with Crippen LogP contribution in [0, 0.1) is 0 Å². The van der Waals surface area contributed by atoms with Crippen LogP contribution in [0.4, 0.5) is 0 Å². The van der Waals surface area contributed by atoms with Crippen LogP contribution < -0.4 is 4.72 Å². The Bertz CT molecular complexity index is 515. The van der Waals surface area contributed by atoms with E-state index in [2.05, 4.69) is 37.6 Å². The first-order chi connectivity index (χ1) is 8.29. The second-order valence-corrected chi connectivity index (χ2v) is 7.44. The molecular weight excluding hydrogens is 248 g/mol. The van der Waals surface area contributed by atoms with Crippen LogP contribution in [0.1, 0.15) is 31.9 Å². The van der Waals surface area contributed by atoms with Crippen molar-refractivity contribution in [2.75, 3.05) is 13.1 Å². The number of rotatable bonds is 2. The zero-order valence-corrected chi connectivity index (χ0v) is 11.9. The van der Waals surface area contributed by atoms with Gasteiger partial charge in [-0.2, -0.15) is 12.7 Å². The lowest BCUT2D eigenvalue weighted by Gasteiger charge is -2.20. The molecule has 0 unspecified atom stereocenters. The summed E-state index contributed by atoms with van der Waals surface area (Å²) in [4.78, 5) is 0. The third-order valence-electron chi connectivity index (χ3n) is 3.16. The average molecular weight is 268 g/mol. The van der Waals surface area contributed by atoms with E-state index < -0.39 is 10.2 Å². The molecule has 2 rings (SSSR count). The van der Waals surface area contributed by atoms with E-state index >= 15 is 0 Å². The zero-order chi connectivity index (χ0) is 13.4. The number of nitrogens with zero attached hydrogens (tertiary/aromatic N) is 1. The Morgan fingerprint density at radius 2 is 1.83 bits per heavy atom. The van der Waals surface area contributed by atoms with Gasteiger partial charge in [0.25, 0.3) is 10.2 Å². The number of benzene rings is 1. The number of hydrogen-bond acceptors (Lipinski definition) is 2. The molecule has 0 radical (unpaired) electrons. The molecular formula is C13H20N2O2S. The van der Waals surface area contributed by atoms with Crippen molar-refractivity contribution in [1.29, 1.82) is 0 Å². The summed E-state index contributed by atoms with van der Waals surface area (Å²) in [5.41, 5.74) is 2.41. The quantitative estimate of drug-likeness (QED) is 0.886. The minimum Gasteiger partial charge on any atom is -0.201 e. The highest BCUT2D eigenvalue weighted by Crippen LogP contribution is 2.22. The lowest BCUT2D eigenvalue weighted by atomic mass is 9.87. The predicted molar refractivity (Wildman–Crippen MR) is 72.5 cm³/mol. The number of hydrogen-bond donors (Lipinski definition) is 1. The van der Waals surface area contributed by atoms with E-state index in [1.54, 1.807) is 0 Å². The normalized spacial score (nSPS) is 20.2. The second kappa shape index (κ2) is 4.64. The van der Waals surface area contributed by atoms with Gasteiger partial charge in [0.2, 0.25) is 0 Å². The van der Waals surface area contributed by atoms with E-state index in [0.717, 1.165) is 5.56 Å². The van der Waals surface area contributed by atoms with Gasteiger partial charge in [-0.3, -0.25) is 0 Å². The standard InChI is InChI=1S/C13H20N2O2S/c1-13(2,3)12-6-4-11(5-7-12)10-15-9-8-14-18(15,16)17/h4-7,14H,8-10H2,1-3H3. The van der Waals surface area contributed by atoms with Crippen molar-refractivity contribution in [3.8, 4) is 0 Å². The first kappa shape index (κ1) is 13.5. The molecule has 4 nitrogen and oxygen atoms in total. The summed E-state index contributed by atoms with van der Waals surface area (Å²) in [6, 6.07) is 8.17. The van der Waals surface area contributed by atoms with Crippen molar-refractivity contribution < 1.29 is 8.42 Å². The molecule has 18 heavy (non-hydrogen) atoms. The minimum absolute atomic E-state index is 0.125. The topological polar surface area (TPSA) is 49.4 Å². The summed E-state index contributed by atoms with van der Waals surface area (Å²) in [6.07, 6.45) is 0. The molecule has 0 amide bonds. The lowest BCUT2D eigenvalue weighted by molar-refractivity contribution is 0.445. The highest BCUT2D eigenvalue weighted by molar-refractivity contribution is 7.87. The first-order valence-corrected chi connectivity index (χ1v) is 7.57. The van der Waals surface area contributed by atoms with Crippen molar-refractivity contribution in [3.05, 3.63) is 35.4 Å². The summed E-state index contributed by atoms with van der Waals surface area (Å²) in [5.74, 6) is 0. The Balaban J connectivity index is 2.12. The summed E-state index contributed by atoms with van der Waals surface area (Å²) in [6.45, 7) is 7.98. The van der Waals surface area contributed by atoms with Crippen molar-refractivity contribution in [2.45, 2.75) is 32.7 Å². The second-order valence-electron chi connectivity index (χ2n) is 5.68. The van der Waals surface area contributed by atoms with E-state index in [0.29, 0.717) is 19.6 Å². The van der Waals surface area contributed by atoms with Crippen LogP contribution in [0.2, 0.25) is 0 Å². The monoisotopic (exact) mass is 268 g/mol. The van der Waals surface area contributed by atoms with Crippen LogP contribution in [0.15, 0.2) is 24.3 Å². The van der Waals surface area contributed by atoms with Gasteiger partial charge in [0, 0.05) is 19.6 Å².